The van der Waals surface area contributed by atoms with Crippen molar-refractivity contribution in [2.45, 2.75) is 89.7 Å². The second-order valence-corrected chi connectivity index (χ2v) is 9.86. The van der Waals surface area contributed by atoms with Crippen molar-refractivity contribution in [2.75, 3.05) is 32.8 Å². The molecule has 1 saturated carbocycles. The largest absolute Gasteiger partial charge is 0.466 e. The van der Waals surface area contributed by atoms with Crippen molar-refractivity contribution in [3.8, 4) is 0 Å². The van der Waals surface area contributed by atoms with Crippen LogP contribution in [-0.4, -0.2) is 78.0 Å². The number of halogens is 2. The molecule has 31 heavy (non-hydrogen) atoms. The van der Waals surface area contributed by atoms with Crippen LogP contribution in [0.3, 0.4) is 0 Å². The van der Waals surface area contributed by atoms with Gasteiger partial charge in [-0.05, 0) is 66.2 Å². The number of likely N-dealkylation sites (tertiary alicyclic amines) is 2. The van der Waals surface area contributed by atoms with Gasteiger partial charge in [0.2, 0.25) is 0 Å². The quantitative estimate of drug-likeness (QED) is 0.557. The number of ether oxygens (including phenoxy) is 3. The van der Waals surface area contributed by atoms with Crippen LogP contribution in [0.25, 0.3) is 0 Å². The molecule has 1 aliphatic carbocycles. The normalized spacial score (nSPS) is 29.1. The molecule has 2 saturated heterocycles. The SMILES string of the molecule is CCOC(=O)C1CCC(OC(C(=O)OC(C)(C)C)(N2CCCC2)N2CC(F)(F)C2)CC1. The lowest BCUT2D eigenvalue weighted by Gasteiger charge is -2.54. The van der Waals surface area contributed by atoms with Gasteiger partial charge in [-0.2, -0.15) is 0 Å². The van der Waals surface area contributed by atoms with Gasteiger partial charge >= 0.3 is 11.9 Å². The summed E-state index contributed by atoms with van der Waals surface area (Å²) < 4.78 is 45.0. The highest BCUT2D eigenvalue weighted by Gasteiger charge is 2.63. The van der Waals surface area contributed by atoms with Crippen LogP contribution in [0.1, 0.15) is 66.2 Å². The maximum atomic E-state index is 13.9. The number of carbonyl (C=O) groups excluding carboxylic acids is 2. The third kappa shape index (κ3) is 5.54. The van der Waals surface area contributed by atoms with Gasteiger partial charge in [-0.25, -0.2) is 18.5 Å². The highest BCUT2D eigenvalue weighted by Crippen LogP contribution is 2.41. The molecule has 3 aliphatic rings. The third-order valence-corrected chi connectivity index (χ3v) is 6.10. The Morgan fingerprint density at radius 1 is 1.00 bits per heavy atom. The zero-order valence-electron chi connectivity index (χ0n) is 19.1. The summed E-state index contributed by atoms with van der Waals surface area (Å²) in [6.45, 7) is 7.48. The van der Waals surface area contributed by atoms with Gasteiger partial charge in [0.15, 0.2) is 0 Å². The van der Waals surface area contributed by atoms with Gasteiger partial charge in [-0.1, -0.05) is 0 Å². The second-order valence-electron chi connectivity index (χ2n) is 9.86. The molecule has 0 spiro atoms. The van der Waals surface area contributed by atoms with Crippen molar-refractivity contribution in [1.82, 2.24) is 9.80 Å². The molecule has 0 aromatic carbocycles. The van der Waals surface area contributed by atoms with Gasteiger partial charge in [0, 0.05) is 13.1 Å². The molecule has 0 N–H and O–H groups in total. The van der Waals surface area contributed by atoms with Crippen molar-refractivity contribution < 1.29 is 32.6 Å². The standard InChI is InChI=1S/C22H36F2N2O5/c1-5-29-18(27)16-8-10-17(11-9-16)30-22(25-12-6-7-13-25,19(28)31-20(2,3)4)26-14-21(23,24)15-26/h16-17H,5-15H2,1-4H3. The molecule has 9 heteroatoms. The summed E-state index contributed by atoms with van der Waals surface area (Å²) >= 11 is 0. The molecule has 0 aromatic rings. The van der Waals surface area contributed by atoms with Crippen LogP contribution in [0.5, 0.6) is 0 Å². The van der Waals surface area contributed by atoms with Crippen LogP contribution >= 0.6 is 0 Å². The number of hydrogen-bond donors (Lipinski definition) is 0. The predicted molar refractivity (Wildman–Crippen MR) is 109 cm³/mol. The van der Waals surface area contributed by atoms with E-state index in [0.29, 0.717) is 45.4 Å². The topological polar surface area (TPSA) is 68.3 Å². The molecule has 1 atom stereocenters. The maximum Gasteiger partial charge on any atom is 0.371 e. The molecular formula is C22H36F2N2O5. The van der Waals surface area contributed by atoms with E-state index < -0.39 is 36.4 Å². The molecule has 1 unspecified atom stereocenters. The van der Waals surface area contributed by atoms with Gasteiger partial charge in [0.25, 0.3) is 11.8 Å². The zero-order chi connectivity index (χ0) is 22.9. The Morgan fingerprint density at radius 2 is 1.58 bits per heavy atom. The lowest BCUT2D eigenvalue weighted by Crippen LogP contribution is -2.76. The van der Waals surface area contributed by atoms with E-state index in [1.165, 1.54) is 4.90 Å². The van der Waals surface area contributed by atoms with E-state index in [9.17, 15) is 18.4 Å². The first-order chi connectivity index (χ1) is 14.5. The predicted octanol–water partition coefficient (Wildman–Crippen LogP) is 3.17. The van der Waals surface area contributed by atoms with Crippen molar-refractivity contribution in [3.05, 3.63) is 0 Å². The van der Waals surface area contributed by atoms with E-state index in [1.807, 2.05) is 4.90 Å². The average molecular weight is 447 g/mol. The smallest absolute Gasteiger partial charge is 0.371 e. The number of esters is 2. The molecule has 7 nitrogen and oxygen atoms in total. The van der Waals surface area contributed by atoms with E-state index in [0.717, 1.165) is 12.8 Å². The van der Waals surface area contributed by atoms with Crippen LogP contribution in [0.15, 0.2) is 0 Å². The molecule has 3 fully saturated rings. The van der Waals surface area contributed by atoms with Crippen molar-refractivity contribution in [1.29, 1.82) is 0 Å². The Morgan fingerprint density at radius 3 is 2.06 bits per heavy atom. The number of alkyl halides is 2. The summed E-state index contributed by atoms with van der Waals surface area (Å²) in [5.74, 6) is -5.53. The molecular weight excluding hydrogens is 410 g/mol. The van der Waals surface area contributed by atoms with Gasteiger partial charge in [-0.3, -0.25) is 9.69 Å². The minimum atomic E-state index is -2.85. The number of rotatable bonds is 7. The Bertz CT molecular complexity index is 647. The molecule has 0 aromatic heterocycles. The fraction of sp³-hybridized carbons (Fsp3) is 0.909. The van der Waals surface area contributed by atoms with E-state index in [1.54, 1.807) is 27.7 Å². The Hall–Kier alpha value is -1.32. The van der Waals surface area contributed by atoms with Crippen LogP contribution in [0.2, 0.25) is 0 Å². The van der Waals surface area contributed by atoms with Crippen LogP contribution in [0, 0.1) is 5.92 Å². The van der Waals surface area contributed by atoms with Crippen LogP contribution < -0.4 is 0 Å². The monoisotopic (exact) mass is 446 g/mol. The number of nitrogens with zero attached hydrogens (tertiary/aromatic N) is 2. The lowest BCUT2D eigenvalue weighted by atomic mass is 9.87. The second kappa shape index (κ2) is 9.27. The lowest BCUT2D eigenvalue weighted by molar-refractivity contribution is -0.318. The molecule has 0 radical (unpaired) electrons. The highest BCUT2D eigenvalue weighted by molar-refractivity contribution is 5.79. The van der Waals surface area contributed by atoms with E-state index in [-0.39, 0.29) is 18.0 Å². The first kappa shape index (κ1) is 24.3. The zero-order valence-corrected chi connectivity index (χ0v) is 19.1. The Labute approximate surface area is 183 Å². The fourth-order valence-electron chi connectivity index (χ4n) is 4.66. The van der Waals surface area contributed by atoms with Gasteiger partial charge in [0.05, 0.1) is 31.7 Å². The molecule has 2 aliphatic heterocycles. The van der Waals surface area contributed by atoms with Crippen LogP contribution in [0.4, 0.5) is 8.78 Å². The third-order valence-electron chi connectivity index (χ3n) is 6.10. The minimum Gasteiger partial charge on any atom is -0.466 e. The van der Waals surface area contributed by atoms with Gasteiger partial charge < -0.3 is 14.2 Å². The van der Waals surface area contributed by atoms with Crippen molar-refractivity contribution in [2.24, 2.45) is 5.92 Å². The van der Waals surface area contributed by atoms with Crippen molar-refractivity contribution >= 4 is 11.9 Å². The number of carbonyl (C=O) groups is 2. The average Bonchev–Trinajstić information content (AvgIpc) is 3.18. The minimum absolute atomic E-state index is 0.184. The highest BCUT2D eigenvalue weighted by atomic mass is 19.3. The summed E-state index contributed by atoms with van der Waals surface area (Å²) in [5.41, 5.74) is -0.777. The fourth-order valence-corrected chi connectivity index (χ4v) is 4.66. The summed E-state index contributed by atoms with van der Waals surface area (Å²) in [7, 11) is 0. The van der Waals surface area contributed by atoms with E-state index >= 15 is 0 Å². The molecule has 2 heterocycles. The summed E-state index contributed by atoms with van der Waals surface area (Å²) in [6.07, 6.45) is 3.71. The maximum absolute atomic E-state index is 13.9. The van der Waals surface area contributed by atoms with Crippen LogP contribution in [-0.2, 0) is 23.8 Å². The Kier molecular flexibility index (Phi) is 7.28. The van der Waals surface area contributed by atoms with Gasteiger partial charge in [0.1, 0.15) is 5.60 Å². The molecule has 0 bridgehead atoms. The molecule has 3 rings (SSSR count). The Balaban J connectivity index is 1.81. The van der Waals surface area contributed by atoms with E-state index in [4.69, 9.17) is 14.2 Å². The van der Waals surface area contributed by atoms with Crippen molar-refractivity contribution in [3.63, 3.8) is 0 Å². The summed E-state index contributed by atoms with van der Waals surface area (Å²) in [4.78, 5) is 28.8. The van der Waals surface area contributed by atoms with E-state index in [2.05, 4.69) is 0 Å². The number of hydrogen-bond acceptors (Lipinski definition) is 7. The molecule has 0 amide bonds. The first-order valence-electron chi connectivity index (χ1n) is 11.4. The summed E-state index contributed by atoms with van der Waals surface area (Å²) in [6, 6.07) is 0. The molecule has 178 valence electrons. The summed E-state index contributed by atoms with van der Waals surface area (Å²) in [5, 5.41) is 0. The van der Waals surface area contributed by atoms with Gasteiger partial charge in [-0.15, -0.1) is 0 Å². The first-order valence-corrected chi connectivity index (χ1v) is 11.4.